The molecule has 0 aliphatic carbocycles. The average Bonchev–Trinajstić information content (AvgIpc) is 2.46. The van der Waals surface area contributed by atoms with Crippen LogP contribution in [0.1, 0.15) is 27.9 Å². The molecule has 0 aliphatic rings. The molecule has 0 N–H and O–H groups in total. The molecule has 1 aromatic carbocycles. The Bertz CT molecular complexity index is 538. The Morgan fingerprint density at radius 2 is 2.00 bits per heavy atom. The van der Waals surface area contributed by atoms with Gasteiger partial charge in [-0.25, -0.2) is 0 Å². The van der Waals surface area contributed by atoms with Crippen molar-refractivity contribution in [3.8, 4) is 5.75 Å². The first-order valence-electron chi connectivity index (χ1n) is 6.37. The molecule has 19 heavy (non-hydrogen) atoms. The van der Waals surface area contributed by atoms with Gasteiger partial charge in [0.25, 0.3) is 0 Å². The van der Waals surface area contributed by atoms with Gasteiger partial charge < -0.3 is 4.74 Å². The van der Waals surface area contributed by atoms with Crippen LogP contribution in [-0.2, 0) is 6.42 Å². The molecule has 0 fully saturated rings. The van der Waals surface area contributed by atoms with Crippen molar-refractivity contribution >= 4 is 6.29 Å². The standard InChI is InChI=1S/C16H17NO2/c1-13-11-15(12-18)4-5-16(13)19-10-2-3-14-6-8-17-9-7-14/h4-9,11-12H,2-3,10H2,1H3. The van der Waals surface area contributed by atoms with Crippen LogP contribution in [0.2, 0.25) is 0 Å². The van der Waals surface area contributed by atoms with Crippen molar-refractivity contribution in [1.29, 1.82) is 0 Å². The summed E-state index contributed by atoms with van der Waals surface area (Å²) >= 11 is 0. The van der Waals surface area contributed by atoms with Crippen LogP contribution in [-0.4, -0.2) is 17.9 Å². The smallest absolute Gasteiger partial charge is 0.150 e. The van der Waals surface area contributed by atoms with E-state index in [1.54, 1.807) is 18.5 Å². The van der Waals surface area contributed by atoms with Gasteiger partial charge in [0.15, 0.2) is 0 Å². The van der Waals surface area contributed by atoms with Gasteiger partial charge >= 0.3 is 0 Å². The number of aldehydes is 1. The largest absolute Gasteiger partial charge is 0.493 e. The fraction of sp³-hybridized carbons (Fsp3) is 0.250. The van der Waals surface area contributed by atoms with Gasteiger partial charge in [-0.3, -0.25) is 9.78 Å². The summed E-state index contributed by atoms with van der Waals surface area (Å²) in [5, 5.41) is 0. The molecule has 1 heterocycles. The van der Waals surface area contributed by atoms with E-state index in [0.717, 1.165) is 30.4 Å². The molecule has 0 amide bonds. The number of aromatic nitrogens is 1. The number of rotatable bonds is 6. The molecule has 2 aromatic rings. The number of carbonyl (C=O) groups excluding carboxylic acids is 1. The lowest BCUT2D eigenvalue weighted by molar-refractivity contribution is 0.112. The van der Waals surface area contributed by atoms with E-state index in [1.165, 1.54) is 5.56 Å². The molecular weight excluding hydrogens is 238 g/mol. The zero-order valence-corrected chi connectivity index (χ0v) is 11.0. The van der Waals surface area contributed by atoms with Crippen molar-refractivity contribution in [1.82, 2.24) is 4.98 Å². The monoisotopic (exact) mass is 255 g/mol. The van der Waals surface area contributed by atoms with Crippen LogP contribution in [0.3, 0.4) is 0 Å². The van der Waals surface area contributed by atoms with Gasteiger partial charge in [-0.15, -0.1) is 0 Å². The summed E-state index contributed by atoms with van der Waals surface area (Å²) in [5.74, 6) is 0.848. The highest BCUT2D eigenvalue weighted by molar-refractivity contribution is 5.75. The van der Waals surface area contributed by atoms with Crippen molar-refractivity contribution in [2.24, 2.45) is 0 Å². The van der Waals surface area contributed by atoms with Gasteiger partial charge in [-0.2, -0.15) is 0 Å². The van der Waals surface area contributed by atoms with Gasteiger partial charge in [-0.1, -0.05) is 0 Å². The fourth-order valence-corrected chi connectivity index (χ4v) is 1.92. The Labute approximate surface area is 113 Å². The molecular formula is C16H17NO2. The number of hydrogen-bond acceptors (Lipinski definition) is 3. The fourth-order valence-electron chi connectivity index (χ4n) is 1.92. The van der Waals surface area contributed by atoms with Crippen LogP contribution in [0, 0.1) is 6.92 Å². The Balaban J connectivity index is 1.81. The molecule has 0 spiro atoms. The third-order valence-corrected chi connectivity index (χ3v) is 2.95. The molecule has 0 bridgehead atoms. The average molecular weight is 255 g/mol. The zero-order valence-electron chi connectivity index (χ0n) is 11.0. The second kappa shape index (κ2) is 6.69. The summed E-state index contributed by atoms with van der Waals surface area (Å²) in [7, 11) is 0. The van der Waals surface area contributed by atoms with E-state index in [4.69, 9.17) is 4.74 Å². The molecule has 98 valence electrons. The van der Waals surface area contributed by atoms with Gasteiger partial charge in [0, 0.05) is 18.0 Å². The maximum absolute atomic E-state index is 10.6. The number of pyridine rings is 1. The second-order valence-corrected chi connectivity index (χ2v) is 4.45. The maximum atomic E-state index is 10.6. The molecule has 0 unspecified atom stereocenters. The molecule has 0 radical (unpaired) electrons. The number of aryl methyl sites for hydroxylation is 2. The van der Waals surface area contributed by atoms with E-state index in [-0.39, 0.29) is 0 Å². The number of carbonyl (C=O) groups is 1. The first-order chi connectivity index (χ1) is 9.29. The highest BCUT2D eigenvalue weighted by Crippen LogP contribution is 2.18. The minimum Gasteiger partial charge on any atom is -0.493 e. The molecule has 2 rings (SSSR count). The Hall–Kier alpha value is -2.16. The van der Waals surface area contributed by atoms with E-state index in [2.05, 4.69) is 4.98 Å². The predicted molar refractivity (Wildman–Crippen MR) is 74.6 cm³/mol. The van der Waals surface area contributed by atoms with Crippen molar-refractivity contribution in [2.75, 3.05) is 6.61 Å². The third kappa shape index (κ3) is 3.91. The van der Waals surface area contributed by atoms with Gasteiger partial charge in [0.1, 0.15) is 12.0 Å². The van der Waals surface area contributed by atoms with Crippen LogP contribution < -0.4 is 4.74 Å². The molecule has 0 atom stereocenters. The lowest BCUT2D eigenvalue weighted by Crippen LogP contribution is -2.01. The third-order valence-electron chi connectivity index (χ3n) is 2.95. The van der Waals surface area contributed by atoms with Gasteiger partial charge in [0.2, 0.25) is 0 Å². The van der Waals surface area contributed by atoms with Crippen molar-refractivity contribution in [3.05, 3.63) is 59.4 Å². The predicted octanol–water partition coefficient (Wildman–Crippen LogP) is 3.21. The number of benzene rings is 1. The first kappa shape index (κ1) is 13.3. The van der Waals surface area contributed by atoms with Gasteiger partial charge in [0.05, 0.1) is 6.61 Å². The Morgan fingerprint density at radius 1 is 1.21 bits per heavy atom. The Morgan fingerprint density at radius 3 is 2.68 bits per heavy atom. The number of ether oxygens (including phenoxy) is 1. The van der Waals surface area contributed by atoms with Crippen LogP contribution >= 0.6 is 0 Å². The summed E-state index contributed by atoms with van der Waals surface area (Å²) in [6.07, 6.45) is 6.39. The molecule has 3 heteroatoms. The SMILES string of the molecule is Cc1cc(C=O)ccc1OCCCc1ccncc1. The van der Waals surface area contributed by atoms with Crippen LogP contribution in [0.15, 0.2) is 42.7 Å². The second-order valence-electron chi connectivity index (χ2n) is 4.45. The lowest BCUT2D eigenvalue weighted by atomic mass is 10.1. The van der Waals surface area contributed by atoms with Crippen LogP contribution in [0.5, 0.6) is 5.75 Å². The summed E-state index contributed by atoms with van der Waals surface area (Å²) in [4.78, 5) is 14.6. The van der Waals surface area contributed by atoms with Crippen LogP contribution in [0.4, 0.5) is 0 Å². The minimum absolute atomic E-state index is 0.670. The van der Waals surface area contributed by atoms with Crippen LogP contribution in [0.25, 0.3) is 0 Å². The van der Waals surface area contributed by atoms with E-state index in [0.29, 0.717) is 12.2 Å². The maximum Gasteiger partial charge on any atom is 0.150 e. The first-order valence-corrected chi connectivity index (χ1v) is 6.37. The highest BCUT2D eigenvalue weighted by Gasteiger charge is 2.01. The topological polar surface area (TPSA) is 39.2 Å². The highest BCUT2D eigenvalue weighted by atomic mass is 16.5. The number of hydrogen-bond donors (Lipinski definition) is 0. The molecule has 0 saturated heterocycles. The molecule has 1 aromatic heterocycles. The van der Waals surface area contributed by atoms with E-state index < -0.39 is 0 Å². The zero-order chi connectivity index (χ0) is 13.5. The molecule has 3 nitrogen and oxygen atoms in total. The van der Waals surface area contributed by atoms with Crippen molar-refractivity contribution in [2.45, 2.75) is 19.8 Å². The quantitative estimate of drug-likeness (QED) is 0.587. The van der Waals surface area contributed by atoms with E-state index >= 15 is 0 Å². The molecule has 0 saturated carbocycles. The summed E-state index contributed by atoms with van der Waals surface area (Å²) in [6.45, 7) is 2.62. The molecule has 0 aliphatic heterocycles. The van der Waals surface area contributed by atoms with Crippen molar-refractivity contribution in [3.63, 3.8) is 0 Å². The summed E-state index contributed by atoms with van der Waals surface area (Å²) in [5.41, 5.74) is 2.95. The van der Waals surface area contributed by atoms with Crippen molar-refractivity contribution < 1.29 is 9.53 Å². The van der Waals surface area contributed by atoms with E-state index in [1.807, 2.05) is 31.2 Å². The lowest BCUT2D eigenvalue weighted by Gasteiger charge is -2.09. The normalized spacial score (nSPS) is 10.2. The summed E-state index contributed by atoms with van der Waals surface area (Å²) < 4.78 is 5.73. The van der Waals surface area contributed by atoms with Gasteiger partial charge in [-0.05, 0) is 61.2 Å². The minimum atomic E-state index is 0.670. The summed E-state index contributed by atoms with van der Waals surface area (Å²) in [6, 6.07) is 9.50. The van der Waals surface area contributed by atoms with E-state index in [9.17, 15) is 4.79 Å². The Kier molecular flexibility index (Phi) is 4.67. The number of nitrogens with zero attached hydrogens (tertiary/aromatic N) is 1.